The number of dihydropyridines is 1. The van der Waals surface area contributed by atoms with E-state index in [2.05, 4.69) is 5.32 Å². The molecule has 0 fully saturated rings. The van der Waals surface area contributed by atoms with E-state index in [1.165, 1.54) is 26.4 Å². The maximum absolute atomic E-state index is 12.9. The monoisotopic (exact) mass is 416 g/mol. The molecule has 1 aromatic rings. The van der Waals surface area contributed by atoms with Crippen LogP contribution in [0.4, 0.5) is 5.69 Å². The number of Topliss-reactive ketones (excluding diaryl/α,β-unsaturated/α-hetero) is 1. The summed E-state index contributed by atoms with van der Waals surface area (Å²) in [5.74, 6) is -1.26. The van der Waals surface area contributed by atoms with Crippen LogP contribution in [0.3, 0.4) is 0 Å². The largest absolute Gasteiger partial charge is 0.493 e. The lowest BCUT2D eigenvalue weighted by atomic mass is 9.74. The summed E-state index contributed by atoms with van der Waals surface area (Å²) in [5, 5.41) is 15.1. The van der Waals surface area contributed by atoms with Crippen LogP contribution in [-0.2, 0) is 14.3 Å². The second-order valence-corrected chi connectivity index (χ2v) is 7.01. The van der Waals surface area contributed by atoms with E-state index in [9.17, 15) is 19.7 Å². The van der Waals surface area contributed by atoms with Crippen molar-refractivity contribution in [2.75, 3.05) is 20.8 Å². The zero-order valence-corrected chi connectivity index (χ0v) is 17.4. The lowest BCUT2D eigenvalue weighted by molar-refractivity contribution is -0.385. The summed E-state index contributed by atoms with van der Waals surface area (Å²) >= 11 is 0. The van der Waals surface area contributed by atoms with E-state index in [-0.39, 0.29) is 40.7 Å². The molecule has 0 bridgehead atoms. The van der Waals surface area contributed by atoms with Crippen molar-refractivity contribution in [2.24, 2.45) is 0 Å². The van der Waals surface area contributed by atoms with Crippen molar-refractivity contribution in [3.05, 3.63) is 50.4 Å². The van der Waals surface area contributed by atoms with E-state index in [0.717, 1.165) is 0 Å². The number of carbonyl (C=O) groups is 2. The number of nitro benzene ring substituents is 1. The molecular formula is C21H24N2O7. The summed E-state index contributed by atoms with van der Waals surface area (Å²) in [6.45, 7) is 3.51. The molecule has 0 unspecified atom stereocenters. The van der Waals surface area contributed by atoms with Crippen LogP contribution in [0.15, 0.2) is 34.7 Å². The van der Waals surface area contributed by atoms with Crippen LogP contribution in [0, 0.1) is 10.1 Å². The number of nitrogens with one attached hydrogen (secondary N) is 1. The molecule has 3 rings (SSSR count). The molecule has 2 aliphatic rings. The molecule has 0 spiro atoms. The van der Waals surface area contributed by atoms with Gasteiger partial charge in [0, 0.05) is 29.0 Å². The first kappa shape index (κ1) is 21.4. The molecule has 160 valence electrons. The van der Waals surface area contributed by atoms with Crippen LogP contribution in [-0.4, -0.2) is 37.5 Å². The quantitative estimate of drug-likeness (QED) is 0.427. The maximum Gasteiger partial charge on any atom is 0.336 e. The van der Waals surface area contributed by atoms with Gasteiger partial charge in [0.05, 0.1) is 43.3 Å². The molecule has 1 aliphatic heterocycles. The molecule has 0 amide bonds. The maximum atomic E-state index is 12.9. The Kier molecular flexibility index (Phi) is 6.09. The Hall–Kier alpha value is -3.36. The molecule has 1 heterocycles. The standard InChI is InChI=1S/C21H24N2O7/c1-5-30-21(25)18-11(2)22-13-7-6-8-15(24)20(13)19(18)12-9-16(28-3)17(29-4)10-14(12)23(26)27/h9-10,19,22H,5-8H2,1-4H3/t19-/m1/s1. The van der Waals surface area contributed by atoms with Crippen LogP contribution < -0.4 is 14.8 Å². The highest BCUT2D eigenvalue weighted by Gasteiger charge is 2.42. The number of ketones is 1. The van der Waals surface area contributed by atoms with Gasteiger partial charge < -0.3 is 19.5 Å². The molecule has 9 heteroatoms. The number of hydrogen-bond acceptors (Lipinski definition) is 8. The lowest BCUT2D eigenvalue weighted by Crippen LogP contribution is -2.34. The Bertz CT molecular complexity index is 978. The summed E-state index contributed by atoms with van der Waals surface area (Å²) < 4.78 is 15.8. The molecule has 30 heavy (non-hydrogen) atoms. The highest BCUT2D eigenvalue weighted by atomic mass is 16.6. The predicted octanol–water partition coefficient (Wildman–Crippen LogP) is 3.14. The average molecular weight is 416 g/mol. The molecule has 1 aromatic carbocycles. The second-order valence-electron chi connectivity index (χ2n) is 7.01. The molecule has 0 saturated heterocycles. The van der Waals surface area contributed by atoms with E-state index in [1.54, 1.807) is 13.8 Å². The van der Waals surface area contributed by atoms with Crippen LogP contribution in [0.1, 0.15) is 44.6 Å². The van der Waals surface area contributed by atoms with E-state index in [4.69, 9.17) is 14.2 Å². The van der Waals surface area contributed by atoms with Gasteiger partial charge >= 0.3 is 5.97 Å². The van der Waals surface area contributed by atoms with Crippen molar-refractivity contribution in [1.82, 2.24) is 5.32 Å². The minimum atomic E-state index is -0.937. The first-order valence-corrected chi connectivity index (χ1v) is 9.65. The van der Waals surface area contributed by atoms with Gasteiger partial charge in [0.1, 0.15) is 0 Å². The minimum Gasteiger partial charge on any atom is -0.493 e. The van der Waals surface area contributed by atoms with Crippen molar-refractivity contribution < 1.29 is 28.7 Å². The third kappa shape index (κ3) is 3.62. The number of carbonyl (C=O) groups excluding carboxylic acids is 2. The third-order valence-corrected chi connectivity index (χ3v) is 5.31. The zero-order valence-electron chi connectivity index (χ0n) is 17.4. The number of nitrogens with zero attached hydrogens (tertiary/aromatic N) is 1. The number of rotatable bonds is 6. The highest BCUT2D eigenvalue weighted by Crippen LogP contribution is 2.47. The van der Waals surface area contributed by atoms with Gasteiger partial charge in [-0.1, -0.05) is 0 Å². The van der Waals surface area contributed by atoms with Gasteiger partial charge in [0.15, 0.2) is 17.3 Å². The summed E-state index contributed by atoms with van der Waals surface area (Å²) in [4.78, 5) is 37.1. The minimum absolute atomic E-state index is 0.135. The van der Waals surface area contributed by atoms with Crippen molar-refractivity contribution >= 4 is 17.4 Å². The molecule has 0 saturated carbocycles. The van der Waals surface area contributed by atoms with Crippen LogP contribution in [0.2, 0.25) is 0 Å². The molecular weight excluding hydrogens is 392 g/mol. The number of nitro groups is 1. The SMILES string of the molecule is CCOC(=O)C1=C(C)NC2=C(C(=O)CCC2)[C@@H]1c1cc(OC)c(OC)cc1[N+](=O)[O-]. The van der Waals surface area contributed by atoms with Crippen molar-refractivity contribution in [2.45, 2.75) is 39.0 Å². The van der Waals surface area contributed by atoms with Crippen LogP contribution in [0.25, 0.3) is 0 Å². The summed E-state index contributed by atoms with van der Waals surface area (Å²) in [7, 11) is 2.80. The Morgan fingerprint density at radius 2 is 1.90 bits per heavy atom. The number of hydrogen-bond donors (Lipinski definition) is 1. The number of allylic oxidation sites excluding steroid dienone is 3. The Morgan fingerprint density at radius 1 is 1.23 bits per heavy atom. The highest BCUT2D eigenvalue weighted by molar-refractivity contribution is 6.04. The third-order valence-electron chi connectivity index (χ3n) is 5.31. The summed E-state index contributed by atoms with van der Waals surface area (Å²) in [6.07, 6.45) is 1.60. The number of methoxy groups -OCH3 is 2. The topological polar surface area (TPSA) is 117 Å². The molecule has 0 aromatic heterocycles. The average Bonchev–Trinajstić information content (AvgIpc) is 2.71. The zero-order chi connectivity index (χ0) is 22.0. The van der Waals surface area contributed by atoms with Crippen molar-refractivity contribution in [3.63, 3.8) is 0 Å². The molecule has 0 radical (unpaired) electrons. The van der Waals surface area contributed by atoms with Gasteiger partial charge in [-0.3, -0.25) is 14.9 Å². The molecule has 9 nitrogen and oxygen atoms in total. The van der Waals surface area contributed by atoms with E-state index in [1.807, 2.05) is 0 Å². The second kappa shape index (κ2) is 8.56. The Labute approximate surface area is 173 Å². The fraction of sp³-hybridized carbons (Fsp3) is 0.429. The van der Waals surface area contributed by atoms with Gasteiger partial charge in [-0.15, -0.1) is 0 Å². The Morgan fingerprint density at radius 3 is 2.50 bits per heavy atom. The van der Waals surface area contributed by atoms with E-state index in [0.29, 0.717) is 36.2 Å². The number of benzene rings is 1. The molecule has 1 atom stereocenters. The Balaban J connectivity index is 2.33. The number of ether oxygens (including phenoxy) is 3. The van der Waals surface area contributed by atoms with Gasteiger partial charge in [0.25, 0.3) is 5.69 Å². The lowest BCUT2D eigenvalue weighted by Gasteiger charge is -2.34. The van der Waals surface area contributed by atoms with Gasteiger partial charge in [-0.05, 0) is 32.8 Å². The molecule has 1 aliphatic carbocycles. The van der Waals surface area contributed by atoms with E-state index < -0.39 is 16.8 Å². The summed E-state index contributed by atoms with van der Waals surface area (Å²) in [6, 6.07) is 2.72. The van der Waals surface area contributed by atoms with Crippen LogP contribution in [0.5, 0.6) is 11.5 Å². The van der Waals surface area contributed by atoms with Gasteiger partial charge in [-0.2, -0.15) is 0 Å². The fourth-order valence-corrected chi connectivity index (χ4v) is 4.05. The first-order chi connectivity index (χ1) is 14.3. The summed E-state index contributed by atoms with van der Waals surface area (Å²) in [5.41, 5.74) is 1.66. The van der Waals surface area contributed by atoms with Crippen molar-refractivity contribution in [3.8, 4) is 11.5 Å². The first-order valence-electron chi connectivity index (χ1n) is 9.65. The normalized spacial score (nSPS) is 18.5. The number of esters is 1. The van der Waals surface area contributed by atoms with Gasteiger partial charge in [-0.25, -0.2) is 4.79 Å². The fourth-order valence-electron chi connectivity index (χ4n) is 4.05. The van der Waals surface area contributed by atoms with Gasteiger partial charge in [0.2, 0.25) is 0 Å². The van der Waals surface area contributed by atoms with Crippen molar-refractivity contribution in [1.29, 1.82) is 0 Å². The predicted molar refractivity (Wildman–Crippen MR) is 107 cm³/mol. The van der Waals surface area contributed by atoms with E-state index >= 15 is 0 Å². The van der Waals surface area contributed by atoms with Crippen LogP contribution >= 0.6 is 0 Å². The smallest absolute Gasteiger partial charge is 0.336 e. The molecule has 1 N–H and O–H groups in total.